The van der Waals surface area contributed by atoms with E-state index in [1.165, 1.54) is 21.6 Å². The summed E-state index contributed by atoms with van der Waals surface area (Å²) in [6.07, 6.45) is 0. The first-order valence-corrected chi connectivity index (χ1v) is 14.4. The largest absolute Gasteiger partial charge is 0.480 e. The second-order valence-corrected chi connectivity index (χ2v) is 12.3. The zero-order valence-corrected chi connectivity index (χ0v) is 23.7. The standard InChI is InChI=1S/C23H27N5O7S.H2O4S/c1-4-26-10-11-27(19(32)18(26)31)22(35)25-13(12-8-6-5-7-9-12)16(29)24-14-17(30)28-15(21(33)34)23(2,3)36-20(14)28;1-5(2,3)4/h5-9,13-15,20H,4,10-11H2,1-3H3,(H,24,29)(H,25,35)(H,33,34);(H2,1,2,3,4)/t13?,14-,15+,20-;/m1./s1. The van der Waals surface area contributed by atoms with E-state index < -0.39 is 74.3 Å². The highest BCUT2D eigenvalue weighted by molar-refractivity contribution is 8.01. The molecule has 3 saturated heterocycles. The molecule has 16 nitrogen and oxygen atoms in total. The summed E-state index contributed by atoms with van der Waals surface area (Å²) in [5.41, 5.74) is 0.403. The van der Waals surface area contributed by atoms with Gasteiger partial charge in [0.1, 0.15) is 23.5 Å². The van der Waals surface area contributed by atoms with Crippen LogP contribution in [0.15, 0.2) is 30.3 Å². The molecule has 3 aliphatic heterocycles. The molecule has 4 rings (SSSR count). The minimum absolute atomic E-state index is 0.0200. The van der Waals surface area contributed by atoms with E-state index in [-0.39, 0.29) is 13.1 Å². The fourth-order valence-corrected chi connectivity index (χ4v) is 6.32. The first-order chi connectivity index (χ1) is 19.0. The van der Waals surface area contributed by atoms with Gasteiger partial charge in [-0.3, -0.25) is 33.2 Å². The number of piperazine rings is 1. The van der Waals surface area contributed by atoms with Gasteiger partial charge in [0.05, 0.1) is 0 Å². The third-order valence-corrected chi connectivity index (χ3v) is 8.14. The van der Waals surface area contributed by atoms with Gasteiger partial charge in [-0.1, -0.05) is 30.3 Å². The minimum atomic E-state index is -4.67. The van der Waals surface area contributed by atoms with Crippen LogP contribution >= 0.6 is 11.8 Å². The Hall–Kier alpha value is -3.74. The van der Waals surface area contributed by atoms with Gasteiger partial charge >= 0.3 is 34.2 Å². The Morgan fingerprint density at radius 1 is 1.07 bits per heavy atom. The van der Waals surface area contributed by atoms with Crippen molar-refractivity contribution in [2.45, 2.75) is 49.0 Å². The van der Waals surface area contributed by atoms with E-state index in [4.69, 9.17) is 17.5 Å². The van der Waals surface area contributed by atoms with Gasteiger partial charge in [-0.15, -0.1) is 11.8 Å². The molecule has 41 heavy (non-hydrogen) atoms. The van der Waals surface area contributed by atoms with Crippen LogP contribution in [0.25, 0.3) is 0 Å². The maximum absolute atomic E-state index is 13.3. The van der Waals surface area contributed by atoms with E-state index in [0.29, 0.717) is 12.1 Å². The van der Waals surface area contributed by atoms with Gasteiger partial charge in [0, 0.05) is 24.4 Å². The smallest absolute Gasteiger partial charge is 0.394 e. The number of carbonyl (C=O) groups excluding carboxylic acids is 5. The number of hydrogen-bond donors (Lipinski definition) is 5. The van der Waals surface area contributed by atoms with E-state index in [1.54, 1.807) is 51.1 Å². The fraction of sp³-hybridized carbons (Fsp3) is 0.478. The van der Waals surface area contributed by atoms with Crippen LogP contribution in [0.5, 0.6) is 0 Å². The Bertz CT molecular complexity index is 1350. The van der Waals surface area contributed by atoms with Crippen LogP contribution in [0.1, 0.15) is 32.4 Å². The average molecular weight is 616 g/mol. The molecule has 0 aromatic heterocycles. The second-order valence-electron chi connectivity index (χ2n) is 9.67. The first-order valence-electron chi connectivity index (χ1n) is 12.2. The van der Waals surface area contributed by atoms with Gasteiger partial charge in [0.2, 0.25) is 11.8 Å². The van der Waals surface area contributed by atoms with E-state index in [1.807, 2.05) is 0 Å². The number of imide groups is 1. The topological polar surface area (TPSA) is 231 Å². The number of carboxylic acids is 1. The number of fused-ring (bicyclic) bond motifs is 1. The summed E-state index contributed by atoms with van der Waals surface area (Å²) in [5.74, 6) is -4.12. The molecule has 0 aliphatic carbocycles. The minimum Gasteiger partial charge on any atom is -0.480 e. The molecule has 1 unspecified atom stereocenters. The van der Waals surface area contributed by atoms with Crippen LogP contribution in [0.3, 0.4) is 0 Å². The summed E-state index contributed by atoms with van der Waals surface area (Å²) in [4.78, 5) is 78.8. The van der Waals surface area contributed by atoms with Crippen LogP contribution in [0.4, 0.5) is 4.79 Å². The molecule has 0 bridgehead atoms. The van der Waals surface area contributed by atoms with Gasteiger partial charge < -0.3 is 25.5 Å². The van der Waals surface area contributed by atoms with Crippen molar-refractivity contribution in [3.05, 3.63) is 35.9 Å². The van der Waals surface area contributed by atoms with E-state index >= 15 is 0 Å². The summed E-state index contributed by atoms with van der Waals surface area (Å²) >= 11 is 1.28. The zero-order valence-electron chi connectivity index (χ0n) is 22.1. The normalized spacial score (nSPS) is 24.0. The van der Waals surface area contributed by atoms with Crippen LogP contribution in [-0.4, -0.2) is 115 Å². The number of benzene rings is 1. The third-order valence-electron chi connectivity index (χ3n) is 6.57. The van der Waals surface area contributed by atoms with Crippen molar-refractivity contribution in [3.8, 4) is 0 Å². The molecule has 3 aliphatic rings. The number of rotatable bonds is 6. The molecule has 3 fully saturated rings. The van der Waals surface area contributed by atoms with Crippen molar-refractivity contribution >= 4 is 57.8 Å². The van der Waals surface area contributed by atoms with Crippen molar-refractivity contribution in [2.75, 3.05) is 19.6 Å². The fourth-order valence-electron chi connectivity index (χ4n) is 4.70. The number of carboxylic acid groups (broad SMARTS) is 1. The van der Waals surface area contributed by atoms with E-state index in [0.717, 1.165) is 4.90 Å². The van der Waals surface area contributed by atoms with Crippen LogP contribution in [-0.2, 0) is 34.4 Å². The zero-order chi connectivity index (χ0) is 30.9. The predicted molar refractivity (Wildman–Crippen MR) is 142 cm³/mol. The Morgan fingerprint density at radius 3 is 2.20 bits per heavy atom. The quantitative estimate of drug-likeness (QED) is 0.149. The lowest BCUT2D eigenvalue weighted by Crippen LogP contribution is -2.71. The first kappa shape index (κ1) is 31.8. The monoisotopic (exact) mass is 615 g/mol. The van der Waals surface area contributed by atoms with Crippen LogP contribution in [0, 0.1) is 0 Å². The van der Waals surface area contributed by atoms with Crippen LogP contribution < -0.4 is 10.6 Å². The number of β-lactam (4-membered cyclic amide) rings is 1. The van der Waals surface area contributed by atoms with Gasteiger partial charge in [0.15, 0.2) is 0 Å². The summed E-state index contributed by atoms with van der Waals surface area (Å²) < 4.78 is 30.8. The van der Waals surface area contributed by atoms with Crippen molar-refractivity contribution in [1.82, 2.24) is 25.3 Å². The molecule has 0 spiro atoms. The molecule has 18 heteroatoms. The Labute approximate surface area is 239 Å². The summed E-state index contributed by atoms with van der Waals surface area (Å²) in [7, 11) is -4.67. The molecule has 1 aromatic carbocycles. The van der Waals surface area contributed by atoms with Crippen molar-refractivity contribution in [1.29, 1.82) is 0 Å². The Morgan fingerprint density at radius 2 is 1.66 bits per heavy atom. The highest BCUT2D eigenvalue weighted by Crippen LogP contribution is 2.50. The molecule has 5 N–H and O–H groups in total. The SMILES string of the molecule is CCN1CCN(C(=O)NC(C(=O)N[C@@H]2C(=O)N3[C@@H]2SC(C)(C)[C@@H]3C(=O)O)c2ccccc2)C(=O)C1=O.O=S(=O)(O)O. The van der Waals surface area contributed by atoms with E-state index in [2.05, 4.69) is 10.6 Å². The Balaban J connectivity index is 0.000000850. The van der Waals surface area contributed by atoms with E-state index in [9.17, 15) is 33.9 Å². The molecule has 4 atom stereocenters. The second kappa shape index (κ2) is 12.0. The number of carbonyl (C=O) groups is 6. The molecule has 1 aromatic rings. The number of nitrogens with one attached hydrogen (secondary N) is 2. The predicted octanol–water partition coefficient (Wildman–Crippen LogP) is -0.893. The number of thioether (sulfide) groups is 1. The molecule has 224 valence electrons. The maximum Gasteiger partial charge on any atom is 0.394 e. The highest BCUT2D eigenvalue weighted by Gasteiger charge is 2.64. The number of nitrogens with zero attached hydrogens (tertiary/aromatic N) is 3. The molecule has 6 amide bonds. The molecular formula is C23H29N5O11S2. The summed E-state index contributed by atoms with van der Waals surface area (Å²) in [6.45, 7) is 5.67. The lowest BCUT2D eigenvalue weighted by Gasteiger charge is -2.44. The average Bonchev–Trinajstić information content (AvgIpc) is 3.14. The summed E-state index contributed by atoms with van der Waals surface area (Å²) in [5, 5.41) is 14.2. The van der Waals surface area contributed by atoms with Crippen LogP contribution in [0.2, 0.25) is 0 Å². The number of hydrogen-bond acceptors (Lipinski definition) is 9. The third kappa shape index (κ3) is 6.95. The van der Waals surface area contributed by atoms with Crippen molar-refractivity contribution in [2.24, 2.45) is 0 Å². The lowest BCUT2D eigenvalue weighted by molar-refractivity contribution is -0.161. The maximum atomic E-state index is 13.3. The molecule has 0 saturated carbocycles. The number of likely N-dealkylation sites (N-methyl/N-ethyl adjacent to an activating group) is 1. The summed E-state index contributed by atoms with van der Waals surface area (Å²) in [6, 6.07) is 4.11. The van der Waals surface area contributed by atoms with Crippen molar-refractivity contribution < 1.29 is 51.4 Å². The highest BCUT2D eigenvalue weighted by atomic mass is 32.3. The van der Waals surface area contributed by atoms with Crippen molar-refractivity contribution in [3.63, 3.8) is 0 Å². The lowest BCUT2D eigenvalue weighted by atomic mass is 9.95. The number of urea groups is 1. The van der Waals surface area contributed by atoms with Gasteiger partial charge in [-0.2, -0.15) is 8.42 Å². The molecule has 3 heterocycles. The van der Waals surface area contributed by atoms with Gasteiger partial charge in [-0.05, 0) is 26.3 Å². The number of amides is 6. The Kier molecular flexibility index (Phi) is 9.31. The molecular weight excluding hydrogens is 586 g/mol. The van der Waals surface area contributed by atoms with Gasteiger partial charge in [0.25, 0.3) is 0 Å². The van der Waals surface area contributed by atoms with Gasteiger partial charge in [-0.25, -0.2) is 9.59 Å². The number of aliphatic carboxylic acids is 1. The molecule has 0 radical (unpaired) electrons.